The lowest BCUT2D eigenvalue weighted by atomic mass is 10.3. The van der Waals surface area contributed by atoms with E-state index in [0.29, 0.717) is 0 Å². The number of imidazole rings is 1. The highest BCUT2D eigenvalue weighted by Crippen LogP contribution is 2.21. The molecule has 1 heterocycles. The zero-order valence-corrected chi connectivity index (χ0v) is 11.2. The Labute approximate surface area is 97.0 Å². The summed E-state index contributed by atoms with van der Waals surface area (Å²) in [4.78, 5) is 7.84. The van der Waals surface area contributed by atoms with Crippen LogP contribution in [0.2, 0.25) is 19.6 Å². The minimum Gasteiger partial charge on any atom is -0.408 e. The molecule has 0 aliphatic heterocycles. The zero-order valence-electron chi connectivity index (χ0n) is 10.2. The molecule has 0 bridgehead atoms. The van der Waals surface area contributed by atoms with Gasteiger partial charge in [-0.3, -0.25) is 0 Å². The van der Waals surface area contributed by atoms with Gasteiger partial charge in [-0.2, -0.15) is 0 Å². The summed E-state index contributed by atoms with van der Waals surface area (Å²) in [7, 11) is -1.51. The Morgan fingerprint density at radius 1 is 1.25 bits per heavy atom. The molecule has 1 atom stereocenters. The second kappa shape index (κ2) is 4.03. The van der Waals surface area contributed by atoms with Crippen LogP contribution in [-0.4, -0.2) is 18.3 Å². The molecular weight excluding hydrogens is 216 g/mol. The van der Waals surface area contributed by atoms with Gasteiger partial charge >= 0.3 is 0 Å². The fraction of sp³-hybridized carbons (Fsp3) is 0.417. The first-order valence-electron chi connectivity index (χ1n) is 5.58. The molecule has 16 heavy (non-hydrogen) atoms. The molecule has 4 heteroatoms. The molecule has 0 saturated heterocycles. The molecule has 1 aromatic heterocycles. The Hall–Kier alpha value is -1.13. The third-order valence-electron chi connectivity index (χ3n) is 2.32. The second-order valence-corrected chi connectivity index (χ2v) is 9.47. The van der Waals surface area contributed by atoms with Gasteiger partial charge < -0.3 is 9.41 Å². The second-order valence-electron chi connectivity index (χ2n) is 5.01. The van der Waals surface area contributed by atoms with E-state index in [2.05, 4.69) is 36.5 Å². The van der Waals surface area contributed by atoms with E-state index in [0.717, 1.165) is 16.9 Å². The number of benzene rings is 1. The monoisotopic (exact) mass is 234 g/mol. The molecule has 0 radical (unpaired) electrons. The summed E-state index contributed by atoms with van der Waals surface area (Å²) in [5, 5.41) is 0. The summed E-state index contributed by atoms with van der Waals surface area (Å²) in [5.41, 5.74) is 2.08. The third kappa shape index (κ3) is 2.51. The summed E-state index contributed by atoms with van der Waals surface area (Å²) >= 11 is 0. The summed E-state index contributed by atoms with van der Waals surface area (Å²) in [5.74, 6) is 0.920. The quantitative estimate of drug-likeness (QED) is 0.826. The van der Waals surface area contributed by atoms with Crippen molar-refractivity contribution >= 4 is 19.4 Å². The number of H-pyrrole nitrogens is 1. The molecule has 0 aliphatic rings. The van der Waals surface area contributed by atoms with Gasteiger partial charge in [0.15, 0.2) is 8.32 Å². The highest BCUT2D eigenvalue weighted by atomic mass is 28.4. The third-order valence-corrected chi connectivity index (χ3v) is 3.38. The van der Waals surface area contributed by atoms with E-state index in [1.807, 2.05) is 24.3 Å². The predicted molar refractivity (Wildman–Crippen MR) is 68.9 cm³/mol. The number of hydrogen-bond donors (Lipinski definition) is 1. The highest BCUT2D eigenvalue weighted by molar-refractivity contribution is 6.69. The normalized spacial score (nSPS) is 14.2. The standard InChI is InChI=1S/C12H18N2OSi/c1-9(15-16(2,3)4)12-13-10-7-5-6-8-11(10)14-12/h5-9H,1-4H3,(H,13,14)/t9-/m0/s1. The van der Waals surface area contributed by atoms with Crippen LogP contribution in [0, 0.1) is 0 Å². The summed E-state index contributed by atoms with van der Waals surface area (Å²) in [6, 6.07) is 8.05. The number of aromatic nitrogens is 2. The van der Waals surface area contributed by atoms with Crippen LogP contribution in [0.1, 0.15) is 18.9 Å². The lowest BCUT2D eigenvalue weighted by Gasteiger charge is -2.21. The molecule has 86 valence electrons. The van der Waals surface area contributed by atoms with E-state index in [1.165, 1.54) is 0 Å². The first kappa shape index (κ1) is 11.4. The first-order chi connectivity index (χ1) is 7.46. The van der Waals surface area contributed by atoms with E-state index >= 15 is 0 Å². The average Bonchev–Trinajstić information content (AvgIpc) is 2.58. The van der Waals surface area contributed by atoms with Gasteiger partial charge in [-0.25, -0.2) is 4.98 Å². The van der Waals surface area contributed by atoms with E-state index < -0.39 is 8.32 Å². The fourth-order valence-electron chi connectivity index (χ4n) is 1.75. The largest absolute Gasteiger partial charge is 0.408 e. The van der Waals surface area contributed by atoms with Crippen molar-refractivity contribution < 1.29 is 4.43 Å². The van der Waals surface area contributed by atoms with Crippen LogP contribution >= 0.6 is 0 Å². The van der Waals surface area contributed by atoms with Crippen molar-refractivity contribution in [2.75, 3.05) is 0 Å². The molecule has 1 N–H and O–H groups in total. The summed E-state index contributed by atoms with van der Waals surface area (Å²) in [6.45, 7) is 8.61. The fourth-order valence-corrected chi connectivity index (χ4v) is 2.92. The first-order valence-corrected chi connectivity index (χ1v) is 8.99. The summed E-state index contributed by atoms with van der Waals surface area (Å²) < 4.78 is 6.00. The van der Waals surface area contributed by atoms with E-state index in [1.54, 1.807) is 0 Å². The number of rotatable bonds is 3. The van der Waals surface area contributed by atoms with Gasteiger partial charge in [-0.15, -0.1) is 0 Å². The SMILES string of the molecule is C[C@H](O[Si](C)(C)C)c1nc2ccccc2[nH]1. The van der Waals surface area contributed by atoms with Gasteiger partial charge in [-0.05, 0) is 38.7 Å². The van der Waals surface area contributed by atoms with Gasteiger partial charge in [0.1, 0.15) is 11.9 Å². The van der Waals surface area contributed by atoms with Crippen molar-refractivity contribution in [3.05, 3.63) is 30.1 Å². The maximum absolute atomic E-state index is 6.00. The van der Waals surface area contributed by atoms with E-state index in [9.17, 15) is 0 Å². The highest BCUT2D eigenvalue weighted by Gasteiger charge is 2.21. The van der Waals surface area contributed by atoms with Gasteiger partial charge in [-0.1, -0.05) is 12.1 Å². The molecule has 2 rings (SSSR count). The van der Waals surface area contributed by atoms with Crippen LogP contribution in [0.3, 0.4) is 0 Å². The maximum Gasteiger partial charge on any atom is 0.184 e. The Morgan fingerprint density at radius 2 is 1.94 bits per heavy atom. The van der Waals surface area contributed by atoms with Crippen LogP contribution in [-0.2, 0) is 4.43 Å². The van der Waals surface area contributed by atoms with Crippen LogP contribution in [0.25, 0.3) is 11.0 Å². The lowest BCUT2D eigenvalue weighted by molar-refractivity contribution is 0.210. The van der Waals surface area contributed by atoms with Gasteiger partial charge in [0.2, 0.25) is 0 Å². The Balaban J connectivity index is 2.26. The van der Waals surface area contributed by atoms with Crippen LogP contribution < -0.4 is 0 Å². The van der Waals surface area contributed by atoms with Gasteiger partial charge in [0.05, 0.1) is 11.0 Å². The van der Waals surface area contributed by atoms with Gasteiger partial charge in [0.25, 0.3) is 0 Å². The van der Waals surface area contributed by atoms with E-state index in [-0.39, 0.29) is 6.10 Å². The molecule has 0 fully saturated rings. The predicted octanol–water partition coefficient (Wildman–Crippen LogP) is 3.48. The van der Waals surface area contributed by atoms with Crippen molar-refractivity contribution in [3.8, 4) is 0 Å². The van der Waals surface area contributed by atoms with Gasteiger partial charge in [0, 0.05) is 0 Å². The molecule has 0 amide bonds. The topological polar surface area (TPSA) is 37.9 Å². The number of nitrogens with zero attached hydrogens (tertiary/aromatic N) is 1. The van der Waals surface area contributed by atoms with Crippen molar-refractivity contribution in [1.82, 2.24) is 9.97 Å². The Bertz CT molecular complexity index is 454. The molecule has 1 aromatic carbocycles. The maximum atomic E-state index is 6.00. The Kier molecular flexibility index (Phi) is 2.86. The molecule has 0 aliphatic carbocycles. The van der Waals surface area contributed by atoms with Crippen LogP contribution in [0.5, 0.6) is 0 Å². The molecule has 2 aromatic rings. The zero-order chi connectivity index (χ0) is 11.8. The Morgan fingerprint density at radius 3 is 2.56 bits per heavy atom. The summed E-state index contributed by atoms with van der Waals surface area (Å²) in [6.07, 6.45) is 0.0408. The minimum absolute atomic E-state index is 0.0408. The molecule has 0 saturated carbocycles. The van der Waals surface area contributed by atoms with E-state index in [4.69, 9.17) is 4.43 Å². The number of hydrogen-bond acceptors (Lipinski definition) is 2. The van der Waals surface area contributed by atoms with Crippen molar-refractivity contribution in [2.24, 2.45) is 0 Å². The number of nitrogens with one attached hydrogen (secondary N) is 1. The van der Waals surface area contributed by atoms with Crippen LogP contribution in [0.4, 0.5) is 0 Å². The van der Waals surface area contributed by atoms with Crippen molar-refractivity contribution in [2.45, 2.75) is 32.7 Å². The smallest absolute Gasteiger partial charge is 0.184 e. The number of fused-ring (bicyclic) bond motifs is 1. The number of aromatic amines is 1. The molecule has 0 unspecified atom stereocenters. The van der Waals surface area contributed by atoms with Crippen molar-refractivity contribution in [3.63, 3.8) is 0 Å². The molecular formula is C12H18N2OSi. The molecule has 0 spiro atoms. The molecule has 3 nitrogen and oxygen atoms in total. The van der Waals surface area contributed by atoms with Crippen molar-refractivity contribution in [1.29, 1.82) is 0 Å². The average molecular weight is 234 g/mol. The van der Waals surface area contributed by atoms with Crippen LogP contribution in [0.15, 0.2) is 24.3 Å². The number of para-hydroxylation sites is 2. The lowest BCUT2D eigenvalue weighted by Crippen LogP contribution is -2.27. The minimum atomic E-state index is -1.51.